The molecule has 0 aliphatic carbocycles. The Labute approximate surface area is 83.5 Å². The molecule has 1 heterocycles. The zero-order chi connectivity index (χ0) is 10.1. The number of amides is 1. The molecule has 0 fully saturated rings. The molecule has 0 aromatic heterocycles. The Hall–Kier alpha value is -1.51. The highest BCUT2D eigenvalue weighted by Crippen LogP contribution is 2.32. The SMILES string of the molecule is CC(C)c1cccc2c1NC(=O)CN2. The molecule has 0 saturated heterocycles. The number of fused-ring (bicyclic) bond motifs is 1. The summed E-state index contributed by atoms with van der Waals surface area (Å²) in [6.07, 6.45) is 0. The highest BCUT2D eigenvalue weighted by molar-refractivity contribution is 6.01. The summed E-state index contributed by atoms with van der Waals surface area (Å²) in [4.78, 5) is 11.2. The molecule has 1 amide bonds. The monoisotopic (exact) mass is 190 g/mol. The molecule has 14 heavy (non-hydrogen) atoms. The van der Waals surface area contributed by atoms with Gasteiger partial charge in [0.25, 0.3) is 0 Å². The lowest BCUT2D eigenvalue weighted by molar-refractivity contribution is -0.114. The summed E-state index contributed by atoms with van der Waals surface area (Å²) < 4.78 is 0. The van der Waals surface area contributed by atoms with Crippen molar-refractivity contribution in [3.63, 3.8) is 0 Å². The standard InChI is InChI=1S/C11H14N2O/c1-7(2)8-4-3-5-9-11(8)13-10(14)6-12-9/h3-5,7,12H,6H2,1-2H3,(H,13,14). The van der Waals surface area contributed by atoms with E-state index < -0.39 is 0 Å². The van der Waals surface area contributed by atoms with Gasteiger partial charge in [-0.3, -0.25) is 4.79 Å². The van der Waals surface area contributed by atoms with E-state index >= 15 is 0 Å². The van der Waals surface area contributed by atoms with Crippen molar-refractivity contribution in [2.75, 3.05) is 17.2 Å². The van der Waals surface area contributed by atoms with E-state index in [1.54, 1.807) is 0 Å². The largest absolute Gasteiger partial charge is 0.374 e. The van der Waals surface area contributed by atoms with Gasteiger partial charge in [0.05, 0.1) is 17.9 Å². The van der Waals surface area contributed by atoms with E-state index in [0.717, 1.165) is 11.4 Å². The molecule has 0 bridgehead atoms. The molecule has 0 unspecified atom stereocenters. The number of hydrogen-bond acceptors (Lipinski definition) is 2. The Kier molecular flexibility index (Phi) is 2.15. The number of benzene rings is 1. The summed E-state index contributed by atoms with van der Waals surface area (Å²) in [6, 6.07) is 6.05. The van der Waals surface area contributed by atoms with Crippen molar-refractivity contribution < 1.29 is 4.79 Å². The Morgan fingerprint density at radius 2 is 2.14 bits per heavy atom. The zero-order valence-electron chi connectivity index (χ0n) is 8.42. The Bertz CT molecular complexity index is 372. The predicted molar refractivity (Wildman–Crippen MR) is 57.7 cm³/mol. The normalized spacial score (nSPS) is 14.6. The summed E-state index contributed by atoms with van der Waals surface area (Å²) in [5.74, 6) is 0.454. The maximum atomic E-state index is 11.2. The van der Waals surface area contributed by atoms with E-state index in [2.05, 4.69) is 30.5 Å². The lowest BCUT2D eigenvalue weighted by Crippen LogP contribution is -2.28. The fraction of sp³-hybridized carbons (Fsp3) is 0.364. The average molecular weight is 190 g/mol. The molecule has 1 aromatic rings. The van der Waals surface area contributed by atoms with E-state index in [9.17, 15) is 4.79 Å². The fourth-order valence-electron chi connectivity index (χ4n) is 1.70. The van der Waals surface area contributed by atoms with Gasteiger partial charge in [-0.2, -0.15) is 0 Å². The molecule has 2 N–H and O–H groups in total. The molecule has 74 valence electrons. The lowest BCUT2D eigenvalue weighted by atomic mass is 9.99. The molecule has 1 aliphatic rings. The molecule has 1 aromatic carbocycles. The molecule has 0 atom stereocenters. The van der Waals surface area contributed by atoms with Crippen LogP contribution < -0.4 is 10.6 Å². The number of para-hydroxylation sites is 1. The average Bonchev–Trinajstić information content (AvgIpc) is 2.16. The van der Waals surface area contributed by atoms with Crippen molar-refractivity contribution in [3.05, 3.63) is 23.8 Å². The first-order valence-electron chi connectivity index (χ1n) is 4.85. The second-order valence-corrected chi connectivity index (χ2v) is 3.83. The van der Waals surface area contributed by atoms with E-state index in [4.69, 9.17) is 0 Å². The minimum Gasteiger partial charge on any atom is -0.374 e. The minimum atomic E-state index is 0.0330. The molecule has 0 radical (unpaired) electrons. The summed E-state index contributed by atoms with van der Waals surface area (Å²) in [5, 5.41) is 6.00. The first-order valence-corrected chi connectivity index (χ1v) is 4.85. The Balaban J connectivity index is 2.48. The predicted octanol–water partition coefficient (Wildman–Crippen LogP) is 2.17. The van der Waals surface area contributed by atoms with Crippen LogP contribution in [0.4, 0.5) is 11.4 Å². The van der Waals surface area contributed by atoms with Crippen molar-refractivity contribution in [1.82, 2.24) is 0 Å². The third-order valence-electron chi connectivity index (χ3n) is 2.42. The van der Waals surface area contributed by atoms with Crippen molar-refractivity contribution in [1.29, 1.82) is 0 Å². The van der Waals surface area contributed by atoms with Crippen LogP contribution in [0.15, 0.2) is 18.2 Å². The highest BCUT2D eigenvalue weighted by Gasteiger charge is 2.17. The van der Waals surface area contributed by atoms with Gasteiger partial charge in [0.2, 0.25) is 5.91 Å². The number of nitrogens with one attached hydrogen (secondary N) is 2. The fourth-order valence-corrected chi connectivity index (χ4v) is 1.70. The van der Waals surface area contributed by atoms with Crippen LogP contribution in [0.3, 0.4) is 0 Å². The van der Waals surface area contributed by atoms with E-state index in [0.29, 0.717) is 12.5 Å². The van der Waals surface area contributed by atoms with E-state index in [-0.39, 0.29) is 5.91 Å². The van der Waals surface area contributed by atoms with Gasteiger partial charge < -0.3 is 10.6 Å². The maximum absolute atomic E-state index is 11.2. The van der Waals surface area contributed by atoms with Crippen LogP contribution in [0, 0.1) is 0 Å². The van der Waals surface area contributed by atoms with Crippen molar-refractivity contribution in [2.45, 2.75) is 19.8 Å². The third kappa shape index (κ3) is 1.45. The summed E-state index contributed by atoms with van der Waals surface area (Å²) in [6.45, 7) is 4.61. The van der Waals surface area contributed by atoms with Crippen LogP contribution in [0.1, 0.15) is 25.3 Å². The van der Waals surface area contributed by atoms with Gasteiger partial charge in [-0.25, -0.2) is 0 Å². The first-order chi connectivity index (χ1) is 6.68. The van der Waals surface area contributed by atoms with Crippen LogP contribution in [-0.2, 0) is 4.79 Å². The number of anilines is 2. The van der Waals surface area contributed by atoms with Gasteiger partial charge in [0.15, 0.2) is 0 Å². The summed E-state index contributed by atoms with van der Waals surface area (Å²) >= 11 is 0. The molecule has 0 spiro atoms. The van der Waals surface area contributed by atoms with Crippen LogP contribution in [0.5, 0.6) is 0 Å². The Morgan fingerprint density at radius 1 is 1.36 bits per heavy atom. The molecular weight excluding hydrogens is 176 g/mol. The topological polar surface area (TPSA) is 41.1 Å². The second kappa shape index (κ2) is 3.33. The lowest BCUT2D eigenvalue weighted by Gasteiger charge is -2.22. The summed E-state index contributed by atoms with van der Waals surface area (Å²) in [5.41, 5.74) is 3.15. The second-order valence-electron chi connectivity index (χ2n) is 3.83. The zero-order valence-corrected chi connectivity index (χ0v) is 8.42. The van der Waals surface area contributed by atoms with E-state index in [1.165, 1.54) is 5.56 Å². The molecule has 0 saturated carbocycles. The van der Waals surface area contributed by atoms with Gasteiger partial charge in [-0.05, 0) is 17.5 Å². The molecule has 1 aliphatic heterocycles. The maximum Gasteiger partial charge on any atom is 0.243 e. The van der Waals surface area contributed by atoms with Crippen LogP contribution >= 0.6 is 0 Å². The number of rotatable bonds is 1. The van der Waals surface area contributed by atoms with Gasteiger partial charge in [-0.1, -0.05) is 26.0 Å². The van der Waals surface area contributed by atoms with Crippen LogP contribution in [-0.4, -0.2) is 12.5 Å². The van der Waals surface area contributed by atoms with Gasteiger partial charge >= 0.3 is 0 Å². The number of carbonyl (C=O) groups is 1. The molecule has 3 heteroatoms. The summed E-state index contributed by atoms with van der Waals surface area (Å²) in [7, 11) is 0. The van der Waals surface area contributed by atoms with Gasteiger partial charge in [0.1, 0.15) is 0 Å². The minimum absolute atomic E-state index is 0.0330. The highest BCUT2D eigenvalue weighted by atomic mass is 16.2. The molecular formula is C11H14N2O. The number of hydrogen-bond donors (Lipinski definition) is 2. The Morgan fingerprint density at radius 3 is 2.86 bits per heavy atom. The first kappa shape index (κ1) is 9.06. The van der Waals surface area contributed by atoms with Crippen molar-refractivity contribution >= 4 is 17.3 Å². The van der Waals surface area contributed by atoms with Gasteiger partial charge in [-0.15, -0.1) is 0 Å². The van der Waals surface area contributed by atoms with Crippen molar-refractivity contribution in [2.24, 2.45) is 0 Å². The smallest absolute Gasteiger partial charge is 0.243 e. The van der Waals surface area contributed by atoms with E-state index in [1.807, 2.05) is 12.1 Å². The van der Waals surface area contributed by atoms with Crippen LogP contribution in [0.25, 0.3) is 0 Å². The van der Waals surface area contributed by atoms with Crippen LogP contribution in [0.2, 0.25) is 0 Å². The molecule has 3 nitrogen and oxygen atoms in total. The van der Waals surface area contributed by atoms with Gasteiger partial charge in [0, 0.05) is 0 Å². The number of carbonyl (C=O) groups excluding carboxylic acids is 1. The quantitative estimate of drug-likeness (QED) is 0.712. The molecule has 2 rings (SSSR count). The third-order valence-corrected chi connectivity index (χ3v) is 2.42. The van der Waals surface area contributed by atoms with Crippen molar-refractivity contribution in [3.8, 4) is 0 Å².